The molecule has 0 unspecified atom stereocenters. The number of hydrogen-bond donors (Lipinski definition) is 2. The summed E-state index contributed by atoms with van der Waals surface area (Å²) in [4.78, 5) is 3.35. The van der Waals surface area contributed by atoms with Crippen LogP contribution in [-0.4, -0.2) is 11.5 Å². The lowest BCUT2D eigenvalue weighted by Gasteiger charge is -2.13. The summed E-state index contributed by atoms with van der Waals surface area (Å²) in [5, 5.41) is 4.87. The predicted octanol–water partition coefficient (Wildman–Crippen LogP) is 6.15. The van der Waals surface area contributed by atoms with E-state index in [1.807, 2.05) is 12.1 Å². The van der Waals surface area contributed by atoms with Crippen molar-refractivity contribution in [2.24, 2.45) is 0 Å². The number of fused-ring (bicyclic) bond motifs is 1. The van der Waals surface area contributed by atoms with E-state index in [0.29, 0.717) is 6.61 Å². The Morgan fingerprint density at radius 3 is 2.76 bits per heavy atom. The number of para-hydroxylation sites is 1. The molecule has 0 fully saturated rings. The van der Waals surface area contributed by atoms with E-state index in [0.717, 1.165) is 35.3 Å². The van der Waals surface area contributed by atoms with Crippen LogP contribution in [0.2, 0.25) is 0 Å². The van der Waals surface area contributed by atoms with Crippen molar-refractivity contribution in [3.63, 3.8) is 0 Å². The number of aryl methyl sites for hydroxylation is 1. The summed E-state index contributed by atoms with van der Waals surface area (Å²) in [6, 6.07) is 23.1. The van der Waals surface area contributed by atoms with Gasteiger partial charge >= 0.3 is 0 Å². The lowest BCUT2D eigenvalue weighted by Crippen LogP contribution is -2.17. The Labute approximate surface area is 180 Å². The van der Waals surface area contributed by atoms with Crippen LogP contribution in [0.15, 0.2) is 77.4 Å². The second-order valence-electron chi connectivity index (χ2n) is 7.32. The first-order valence-electron chi connectivity index (χ1n) is 9.91. The molecule has 29 heavy (non-hydrogen) atoms. The summed E-state index contributed by atoms with van der Waals surface area (Å²) in [7, 11) is 0. The van der Waals surface area contributed by atoms with Crippen molar-refractivity contribution in [1.29, 1.82) is 0 Å². The number of H-pyrrole nitrogens is 1. The van der Waals surface area contributed by atoms with Crippen LogP contribution in [0.3, 0.4) is 0 Å². The Hall–Kier alpha value is -2.56. The molecule has 1 heterocycles. The Bertz CT molecular complexity index is 1100. The van der Waals surface area contributed by atoms with Crippen molar-refractivity contribution >= 4 is 26.8 Å². The van der Waals surface area contributed by atoms with Crippen molar-refractivity contribution in [3.05, 3.63) is 99.7 Å². The highest BCUT2D eigenvalue weighted by molar-refractivity contribution is 9.10. The van der Waals surface area contributed by atoms with Crippen LogP contribution in [0.5, 0.6) is 5.75 Å². The average Bonchev–Trinajstić information content (AvgIpc) is 3.14. The molecular weight excluding hydrogens is 424 g/mol. The zero-order valence-corrected chi connectivity index (χ0v) is 18.1. The van der Waals surface area contributed by atoms with Gasteiger partial charge in [-0.1, -0.05) is 64.0 Å². The quantitative estimate of drug-likeness (QED) is 0.317. The minimum Gasteiger partial charge on any atom is -0.489 e. The van der Waals surface area contributed by atoms with Crippen LogP contribution in [-0.2, 0) is 19.6 Å². The molecule has 0 atom stereocenters. The summed E-state index contributed by atoms with van der Waals surface area (Å²) in [5.74, 6) is 0.925. The maximum atomic E-state index is 6.13. The third kappa shape index (κ3) is 5.08. The monoisotopic (exact) mass is 448 g/mol. The number of nitrogens with one attached hydrogen (secondary N) is 2. The first-order chi connectivity index (χ1) is 14.2. The maximum absolute atomic E-state index is 6.13. The van der Waals surface area contributed by atoms with Crippen LogP contribution < -0.4 is 10.1 Å². The van der Waals surface area contributed by atoms with Gasteiger partial charge in [0, 0.05) is 33.7 Å². The van der Waals surface area contributed by atoms with Gasteiger partial charge in [0.15, 0.2) is 0 Å². The van der Waals surface area contributed by atoms with Crippen LogP contribution in [0.25, 0.3) is 10.9 Å². The summed E-state index contributed by atoms with van der Waals surface area (Å²) in [6.07, 6.45) is 3.10. The molecule has 0 spiro atoms. The summed E-state index contributed by atoms with van der Waals surface area (Å²) in [6.45, 7) is 4.36. The van der Waals surface area contributed by atoms with Crippen molar-refractivity contribution in [1.82, 2.24) is 10.3 Å². The fourth-order valence-electron chi connectivity index (χ4n) is 3.57. The van der Waals surface area contributed by atoms with Gasteiger partial charge in [-0.25, -0.2) is 0 Å². The van der Waals surface area contributed by atoms with Gasteiger partial charge in [-0.3, -0.25) is 0 Å². The van der Waals surface area contributed by atoms with Crippen molar-refractivity contribution in [2.45, 2.75) is 26.5 Å². The second kappa shape index (κ2) is 9.29. The number of halogens is 1. The minimum atomic E-state index is 0.575. The Morgan fingerprint density at radius 2 is 1.86 bits per heavy atom. The Morgan fingerprint density at radius 1 is 0.966 bits per heavy atom. The van der Waals surface area contributed by atoms with Crippen molar-refractivity contribution in [2.75, 3.05) is 6.54 Å². The molecule has 0 bridgehead atoms. The fourth-order valence-corrected chi connectivity index (χ4v) is 3.98. The summed E-state index contributed by atoms with van der Waals surface area (Å²) >= 11 is 3.58. The highest BCUT2D eigenvalue weighted by Crippen LogP contribution is 2.24. The normalized spacial score (nSPS) is 11.1. The molecule has 148 valence electrons. The number of rotatable bonds is 8. The smallest absolute Gasteiger partial charge is 0.124 e. The first kappa shape index (κ1) is 19.7. The SMILES string of the molecule is Cc1cccc(COc2ccc(Br)cc2CNCCc2c[nH]c3ccccc23)c1. The molecule has 0 aliphatic carbocycles. The maximum Gasteiger partial charge on any atom is 0.124 e. The van der Waals surface area contributed by atoms with E-state index in [1.54, 1.807) is 0 Å². The standard InChI is InChI=1S/C25H25BrN2O/c1-18-5-4-6-19(13-18)17-29-25-10-9-22(26)14-21(25)15-27-12-11-20-16-28-24-8-3-2-7-23(20)24/h2-10,13-14,16,27-28H,11-12,15,17H2,1H3. The molecule has 2 N–H and O–H groups in total. The summed E-state index contributed by atoms with van der Waals surface area (Å²) in [5.41, 5.74) is 6.14. The molecule has 4 aromatic rings. The van der Waals surface area contributed by atoms with E-state index in [2.05, 4.69) is 93.9 Å². The molecule has 4 rings (SSSR count). The molecule has 0 aliphatic heterocycles. The van der Waals surface area contributed by atoms with Gasteiger partial charge in [0.1, 0.15) is 12.4 Å². The Balaban J connectivity index is 1.36. The summed E-state index contributed by atoms with van der Waals surface area (Å²) < 4.78 is 7.19. The van der Waals surface area contributed by atoms with Gasteiger partial charge in [-0.2, -0.15) is 0 Å². The number of ether oxygens (including phenoxy) is 1. The van der Waals surface area contributed by atoms with Gasteiger partial charge in [-0.05, 0) is 55.3 Å². The minimum absolute atomic E-state index is 0.575. The number of aromatic nitrogens is 1. The van der Waals surface area contributed by atoms with E-state index >= 15 is 0 Å². The van der Waals surface area contributed by atoms with Gasteiger partial charge < -0.3 is 15.0 Å². The van der Waals surface area contributed by atoms with Crippen LogP contribution in [0, 0.1) is 6.92 Å². The van der Waals surface area contributed by atoms with Crippen LogP contribution in [0.1, 0.15) is 22.3 Å². The molecule has 0 amide bonds. The van der Waals surface area contributed by atoms with Crippen molar-refractivity contribution in [3.8, 4) is 5.75 Å². The van der Waals surface area contributed by atoms with Crippen LogP contribution >= 0.6 is 15.9 Å². The fraction of sp³-hybridized carbons (Fsp3) is 0.200. The largest absolute Gasteiger partial charge is 0.489 e. The Kier molecular flexibility index (Phi) is 6.33. The van der Waals surface area contributed by atoms with Gasteiger partial charge in [0.2, 0.25) is 0 Å². The average molecular weight is 449 g/mol. The van der Waals surface area contributed by atoms with E-state index in [1.165, 1.54) is 27.6 Å². The number of benzene rings is 3. The zero-order valence-electron chi connectivity index (χ0n) is 16.5. The first-order valence-corrected chi connectivity index (χ1v) is 10.7. The molecule has 0 saturated carbocycles. The molecule has 3 aromatic carbocycles. The van der Waals surface area contributed by atoms with Gasteiger partial charge in [-0.15, -0.1) is 0 Å². The van der Waals surface area contributed by atoms with E-state index in [9.17, 15) is 0 Å². The highest BCUT2D eigenvalue weighted by atomic mass is 79.9. The van der Waals surface area contributed by atoms with Gasteiger partial charge in [0.25, 0.3) is 0 Å². The molecule has 0 aliphatic rings. The number of aromatic amines is 1. The number of hydrogen-bond acceptors (Lipinski definition) is 2. The van der Waals surface area contributed by atoms with E-state index < -0.39 is 0 Å². The molecule has 3 nitrogen and oxygen atoms in total. The van der Waals surface area contributed by atoms with Crippen LogP contribution in [0.4, 0.5) is 0 Å². The third-order valence-corrected chi connectivity index (χ3v) is 5.55. The van der Waals surface area contributed by atoms with Gasteiger partial charge in [0.05, 0.1) is 0 Å². The lowest BCUT2D eigenvalue weighted by molar-refractivity contribution is 0.302. The third-order valence-electron chi connectivity index (χ3n) is 5.06. The van der Waals surface area contributed by atoms with Crippen molar-refractivity contribution < 1.29 is 4.74 Å². The molecule has 0 radical (unpaired) electrons. The molecule has 4 heteroatoms. The lowest BCUT2D eigenvalue weighted by atomic mass is 10.1. The molecular formula is C25H25BrN2O. The zero-order chi connectivity index (χ0) is 20.1. The molecule has 1 aromatic heterocycles. The second-order valence-corrected chi connectivity index (χ2v) is 8.23. The highest BCUT2D eigenvalue weighted by Gasteiger charge is 2.07. The predicted molar refractivity (Wildman–Crippen MR) is 123 cm³/mol. The topological polar surface area (TPSA) is 37.0 Å². The van der Waals surface area contributed by atoms with E-state index in [4.69, 9.17) is 4.74 Å². The van der Waals surface area contributed by atoms with E-state index in [-0.39, 0.29) is 0 Å². The molecule has 0 saturated heterocycles.